The maximum absolute atomic E-state index is 12.7. The number of nitrogens with zero attached hydrogens (tertiary/aromatic N) is 1. The average Bonchev–Trinajstić information content (AvgIpc) is 3.20. The van der Waals surface area contributed by atoms with Gasteiger partial charge in [-0.3, -0.25) is 4.79 Å². The minimum absolute atomic E-state index is 0.0287. The van der Waals surface area contributed by atoms with Crippen LogP contribution in [0.3, 0.4) is 0 Å². The Labute approximate surface area is 164 Å². The summed E-state index contributed by atoms with van der Waals surface area (Å²) in [5.41, 5.74) is 1.25. The number of para-hydroxylation sites is 1. The van der Waals surface area contributed by atoms with E-state index in [9.17, 15) is 18.0 Å². The number of hydrogen-bond acceptors (Lipinski definition) is 6. The number of carbonyl (C=O) groups is 2. The Morgan fingerprint density at radius 1 is 1.29 bits per heavy atom. The van der Waals surface area contributed by atoms with Crippen LogP contribution in [0.5, 0.6) is 0 Å². The van der Waals surface area contributed by atoms with Crippen LogP contribution in [0.15, 0.2) is 28.7 Å². The van der Waals surface area contributed by atoms with Gasteiger partial charge in [0, 0.05) is 23.5 Å². The molecule has 0 unspecified atom stereocenters. The number of benzene rings is 1. The van der Waals surface area contributed by atoms with E-state index in [4.69, 9.17) is 9.15 Å². The van der Waals surface area contributed by atoms with Gasteiger partial charge in [-0.25, -0.2) is 13.2 Å². The summed E-state index contributed by atoms with van der Waals surface area (Å²) in [6, 6.07) is 6.92. The van der Waals surface area contributed by atoms with Gasteiger partial charge in [0.25, 0.3) is 5.91 Å². The number of hydrogen-bond donors (Lipinski definition) is 0. The van der Waals surface area contributed by atoms with Crippen molar-refractivity contribution < 1.29 is 27.2 Å². The van der Waals surface area contributed by atoms with Crippen molar-refractivity contribution in [1.29, 1.82) is 0 Å². The molecule has 0 radical (unpaired) electrons. The summed E-state index contributed by atoms with van der Waals surface area (Å²) in [7, 11) is -3.11. The zero-order valence-corrected chi connectivity index (χ0v) is 17.0. The van der Waals surface area contributed by atoms with Gasteiger partial charge < -0.3 is 14.1 Å². The monoisotopic (exact) mass is 407 g/mol. The van der Waals surface area contributed by atoms with Crippen LogP contribution in [0.25, 0.3) is 11.0 Å². The van der Waals surface area contributed by atoms with Gasteiger partial charge in [-0.1, -0.05) is 31.5 Å². The number of rotatable bonds is 7. The van der Waals surface area contributed by atoms with Crippen molar-refractivity contribution in [2.45, 2.75) is 39.2 Å². The highest BCUT2D eigenvalue weighted by Crippen LogP contribution is 2.25. The van der Waals surface area contributed by atoms with Gasteiger partial charge in [0.15, 0.2) is 16.4 Å². The third kappa shape index (κ3) is 4.38. The number of carbonyl (C=O) groups excluding carboxylic acids is 2. The van der Waals surface area contributed by atoms with E-state index in [0.717, 1.165) is 18.2 Å². The van der Waals surface area contributed by atoms with Crippen molar-refractivity contribution >= 4 is 32.7 Å². The Morgan fingerprint density at radius 2 is 2.04 bits per heavy atom. The SMILES string of the molecule is CCCCN(C(=O)COC(=O)c1oc2ccccc2c1C)[C@H]1CCS(=O)(=O)C1. The van der Waals surface area contributed by atoms with E-state index < -0.39 is 22.4 Å². The number of fused-ring (bicyclic) bond motifs is 1. The standard InChI is InChI=1S/C20H25NO6S/c1-3-4-10-21(15-9-11-28(24,25)13-15)18(22)12-26-20(23)19-14(2)16-7-5-6-8-17(16)27-19/h5-8,15H,3-4,9-13H2,1-2H3/t15-/m0/s1. The molecule has 1 aliphatic heterocycles. The number of esters is 1. The van der Waals surface area contributed by atoms with E-state index in [1.807, 2.05) is 25.1 Å². The Morgan fingerprint density at radius 3 is 2.68 bits per heavy atom. The predicted molar refractivity (Wildman–Crippen MR) is 105 cm³/mol. The van der Waals surface area contributed by atoms with Crippen LogP contribution >= 0.6 is 0 Å². The number of furan rings is 1. The van der Waals surface area contributed by atoms with Crippen molar-refractivity contribution in [3.05, 3.63) is 35.6 Å². The molecule has 0 N–H and O–H groups in total. The lowest BCUT2D eigenvalue weighted by molar-refractivity contribution is -0.136. The normalized spacial score (nSPS) is 18.3. The molecule has 0 aliphatic carbocycles. The molecule has 2 aromatic rings. The fourth-order valence-electron chi connectivity index (χ4n) is 3.51. The lowest BCUT2D eigenvalue weighted by Gasteiger charge is -2.28. The number of amides is 1. The summed E-state index contributed by atoms with van der Waals surface area (Å²) in [5, 5.41) is 0.821. The first-order valence-corrected chi connectivity index (χ1v) is 11.3. The van der Waals surface area contributed by atoms with Crippen LogP contribution in [0.4, 0.5) is 0 Å². The highest BCUT2D eigenvalue weighted by Gasteiger charge is 2.34. The minimum Gasteiger partial charge on any atom is -0.450 e. The minimum atomic E-state index is -3.11. The lowest BCUT2D eigenvalue weighted by Crippen LogP contribution is -2.43. The lowest BCUT2D eigenvalue weighted by atomic mass is 10.1. The van der Waals surface area contributed by atoms with Crippen molar-refractivity contribution in [3.8, 4) is 0 Å². The summed E-state index contributed by atoms with van der Waals surface area (Å²) >= 11 is 0. The zero-order chi connectivity index (χ0) is 20.3. The highest BCUT2D eigenvalue weighted by molar-refractivity contribution is 7.91. The fourth-order valence-corrected chi connectivity index (χ4v) is 5.24. The van der Waals surface area contributed by atoms with Gasteiger partial charge in [-0.15, -0.1) is 0 Å². The summed E-state index contributed by atoms with van der Waals surface area (Å²) in [6.07, 6.45) is 2.06. The summed E-state index contributed by atoms with van der Waals surface area (Å²) in [5.74, 6) is -0.934. The molecule has 3 rings (SSSR count). The topological polar surface area (TPSA) is 93.9 Å². The molecule has 1 atom stereocenters. The fraction of sp³-hybridized carbons (Fsp3) is 0.500. The average molecular weight is 407 g/mol. The van der Waals surface area contributed by atoms with Crippen LogP contribution in [0.1, 0.15) is 42.3 Å². The summed E-state index contributed by atoms with van der Waals surface area (Å²) in [4.78, 5) is 26.6. The third-order valence-electron chi connectivity index (χ3n) is 5.08. The van der Waals surface area contributed by atoms with E-state index in [2.05, 4.69) is 0 Å². The first-order chi connectivity index (χ1) is 13.3. The van der Waals surface area contributed by atoms with Crippen molar-refractivity contribution in [2.24, 2.45) is 0 Å². The molecule has 0 saturated carbocycles. The van der Waals surface area contributed by atoms with Crippen LogP contribution in [-0.4, -0.2) is 55.9 Å². The second-order valence-electron chi connectivity index (χ2n) is 7.13. The number of unbranched alkanes of at least 4 members (excludes halogenated alkanes) is 1. The quantitative estimate of drug-likeness (QED) is 0.655. The molecule has 28 heavy (non-hydrogen) atoms. The third-order valence-corrected chi connectivity index (χ3v) is 6.83. The van der Waals surface area contributed by atoms with E-state index >= 15 is 0 Å². The largest absolute Gasteiger partial charge is 0.450 e. The van der Waals surface area contributed by atoms with Crippen LogP contribution < -0.4 is 0 Å². The molecular formula is C20H25NO6S. The predicted octanol–water partition coefficient (Wildman–Crippen LogP) is 2.71. The molecule has 1 fully saturated rings. The molecule has 1 aliphatic rings. The summed E-state index contributed by atoms with van der Waals surface area (Å²) in [6.45, 7) is 3.78. The van der Waals surface area contributed by atoms with Crippen molar-refractivity contribution in [2.75, 3.05) is 24.7 Å². The van der Waals surface area contributed by atoms with Gasteiger partial charge in [0.1, 0.15) is 5.58 Å². The van der Waals surface area contributed by atoms with E-state index in [1.165, 1.54) is 0 Å². The molecule has 1 saturated heterocycles. The van der Waals surface area contributed by atoms with E-state index in [-0.39, 0.29) is 29.2 Å². The Bertz CT molecular complexity index is 978. The highest BCUT2D eigenvalue weighted by atomic mass is 32.2. The van der Waals surface area contributed by atoms with Crippen LogP contribution in [0, 0.1) is 6.92 Å². The molecule has 0 bridgehead atoms. The van der Waals surface area contributed by atoms with Gasteiger partial charge >= 0.3 is 5.97 Å². The van der Waals surface area contributed by atoms with Gasteiger partial charge in [-0.05, 0) is 25.8 Å². The number of aryl methyl sites for hydroxylation is 1. The molecule has 152 valence electrons. The molecule has 1 aromatic carbocycles. The molecule has 7 nitrogen and oxygen atoms in total. The Kier molecular flexibility index (Phi) is 6.07. The van der Waals surface area contributed by atoms with Crippen LogP contribution in [0.2, 0.25) is 0 Å². The molecule has 0 spiro atoms. The maximum Gasteiger partial charge on any atom is 0.375 e. The molecule has 1 amide bonds. The second kappa shape index (κ2) is 8.34. The molecular weight excluding hydrogens is 382 g/mol. The molecule has 8 heteroatoms. The second-order valence-corrected chi connectivity index (χ2v) is 9.35. The Balaban J connectivity index is 1.67. The molecule has 2 heterocycles. The smallest absolute Gasteiger partial charge is 0.375 e. The van der Waals surface area contributed by atoms with Gasteiger partial charge in [0.05, 0.1) is 11.5 Å². The van der Waals surface area contributed by atoms with Gasteiger partial charge in [0.2, 0.25) is 5.76 Å². The summed E-state index contributed by atoms with van der Waals surface area (Å²) < 4.78 is 34.3. The Hall–Kier alpha value is -2.35. The number of sulfone groups is 1. The maximum atomic E-state index is 12.7. The molecule has 1 aromatic heterocycles. The van der Waals surface area contributed by atoms with Gasteiger partial charge in [-0.2, -0.15) is 0 Å². The van der Waals surface area contributed by atoms with Crippen molar-refractivity contribution in [1.82, 2.24) is 4.90 Å². The first kappa shape index (κ1) is 20.4. The van der Waals surface area contributed by atoms with Crippen LogP contribution in [-0.2, 0) is 19.4 Å². The van der Waals surface area contributed by atoms with E-state index in [0.29, 0.717) is 24.1 Å². The van der Waals surface area contributed by atoms with Crippen molar-refractivity contribution in [3.63, 3.8) is 0 Å². The van der Waals surface area contributed by atoms with E-state index in [1.54, 1.807) is 17.9 Å². The first-order valence-electron chi connectivity index (χ1n) is 9.47. The zero-order valence-electron chi connectivity index (χ0n) is 16.1. The number of ether oxygens (including phenoxy) is 1.